The van der Waals surface area contributed by atoms with Crippen LogP contribution >= 0.6 is 12.4 Å². The van der Waals surface area contributed by atoms with E-state index in [4.69, 9.17) is 20.3 Å². The summed E-state index contributed by atoms with van der Waals surface area (Å²) in [4.78, 5) is 23.6. The molecule has 3 N–H and O–H groups in total. The summed E-state index contributed by atoms with van der Waals surface area (Å²) in [5, 5.41) is 7.47. The molecule has 2 aromatic carbocycles. The molecule has 8 heteroatoms. The summed E-state index contributed by atoms with van der Waals surface area (Å²) in [6, 6.07) is 16.5. The van der Waals surface area contributed by atoms with Crippen molar-refractivity contribution in [2.24, 2.45) is 5.73 Å². The van der Waals surface area contributed by atoms with Crippen LogP contribution in [-0.4, -0.2) is 32.0 Å². The number of carbonyl (C=O) groups is 2. The molecule has 0 atom stereocenters. The largest absolute Gasteiger partial charge is 0.469 e. The molecule has 31 heavy (non-hydrogen) atoms. The van der Waals surface area contributed by atoms with Crippen molar-refractivity contribution >= 4 is 30.2 Å². The Balaban J connectivity index is 0.00000341. The number of hydrogen-bond donors (Lipinski definition) is 2. The monoisotopic (exact) mass is 442 g/mol. The lowest BCUT2D eigenvalue weighted by atomic mass is 10.0. The number of ether oxygens (including phenoxy) is 2. The first-order chi connectivity index (χ1) is 14.4. The van der Waals surface area contributed by atoms with E-state index in [1.807, 2.05) is 36.4 Å². The molecule has 0 aliphatic carbocycles. The van der Waals surface area contributed by atoms with Gasteiger partial charge in [0.05, 0.1) is 20.6 Å². The quantitative estimate of drug-likeness (QED) is 0.321. The zero-order valence-electron chi connectivity index (χ0n) is 17.1. The van der Waals surface area contributed by atoms with Gasteiger partial charge in [-0.3, -0.25) is 10.2 Å². The number of aryl methyl sites for hydroxylation is 1. The van der Waals surface area contributed by atoms with E-state index >= 15 is 0 Å². The van der Waals surface area contributed by atoms with E-state index in [-0.39, 0.29) is 30.6 Å². The topological polar surface area (TPSA) is 116 Å². The van der Waals surface area contributed by atoms with Gasteiger partial charge in [-0.05, 0) is 17.2 Å². The van der Waals surface area contributed by atoms with Gasteiger partial charge in [0.25, 0.3) is 0 Å². The number of halogens is 1. The number of carbonyl (C=O) groups excluding carboxylic acids is 2. The third-order valence-corrected chi connectivity index (χ3v) is 4.67. The van der Waals surface area contributed by atoms with Crippen molar-refractivity contribution in [3.8, 4) is 22.5 Å². The van der Waals surface area contributed by atoms with Crippen LogP contribution in [-0.2, 0) is 20.7 Å². The van der Waals surface area contributed by atoms with E-state index in [0.29, 0.717) is 34.6 Å². The molecule has 0 aliphatic rings. The second kappa shape index (κ2) is 10.4. The highest BCUT2D eigenvalue weighted by Gasteiger charge is 2.20. The third kappa shape index (κ3) is 5.52. The Kier molecular flexibility index (Phi) is 7.99. The summed E-state index contributed by atoms with van der Waals surface area (Å²) in [7, 11) is 2.63. The van der Waals surface area contributed by atoms with Crippen molar-refractivity contribution in [1.82, 2.24) is 0 Å². The number of hydrogen-bond acceptors (Lipinski definition) is 6. The first kappa shape index (κ1) is 23.7. The molecule has 0 unspecified atom stereocenters. The molecule has 1 heterocycles. The summed E-state index contributed by atoms with van der Waals surface area (Å²) in [6.45, 7) is 0. The maximum atomic E-state index is 12.2. The predicted octanol–water partition coefficient (Wildman–Crippen LogP) is 4.21. The Morgan fingerprint density at radius 3 is 2.00 bits per heavy atom. The van der Waals surface area contributed by atoms with Crippen LogP contribution in [0, 0.1) is 5.41 Å². The fourth-order valence-electron chi connectivity index (χ4n) is 3.02. The van der Waals surface area contributed by atoms with Crippen LogP contribution in [0.3, 0.4) is 0 Å². The van der Waals surface area contributed by atoms with Gasteiger partial charge in [0.1, 0.15) is 22.9 Å². The van der Waals surface area contributed by atoms with Gasteiger partial charge < -0.3 is 19.6 Å². The van der Waals surface area contributed by atoms with Crippen LogP contribution in [0.2, 0.25) is 0 Å². The maximum absolute atomic E-state index is 12.2. The Hall–Kier alpha value is -3.58. The molecule has 0 amide bonds. The van der Waals surface area contributed by atoms with Gasteiger partial charge in [-0.2, -0.15) is 0 Å². The lowest BCUT2D eigenvalue weighted by Gasteiger charge is -2.06. The number of nitrogens with two attached hydrogens (primary N) is 1. The lowest BCUT2D eigenvalue weighted by Crippen LogP contribution is -2.10. The Bertz CT molecular complexity index is 1070. The molecular formula is C23H23ClN2O5. The predicted molar refractivity (Wildman–Crippen MR) is 120 cm³/mol. The highest BCUT2D eigenvalue weighted by Crippen LogP contribution is 2.31. The van der Waals surface area contributed by atoms with Gasteiger partial charge >= 0.3 is 11.9 Å². The van der Waals surface area contributed by atoms with E-state index < -0.39 is 5.97 Å². The number of amidine groups is 1. The summed E-state index contributed by atoms with van der Waals surface area (Å²) < 4.78 is 15.4. The zero-order chi connectivity index (χ0) is 21.7. The number of nitrogens with one attached hydrogen (secondary N) is 1. The lowest BCUT2D eigenvalue weighted by molar-refractivity contribution is -0.140. The number of methoxy groups -OCH3 is 2. The van der Waals surface area contributed by atoms with Gasteiger partial charge in [-0.15, -0.1) is 12.4 Å². The van der Waals surface area contributed by atoms with E-state index in [1.54, 1.807) is 18.2 Å². The molecule has 7 nitrogen and oxygen atoms in total. The molecule has 0 fully saturated rings. The highest BCUT2D eigenvalue weighted by molar-refractivity contribution is 5.96. The highest BCUT2D eigenvalue weighted by atomic mass is 35.5. The molecule has 0 saturated heterocycles. The number of furan rings is 1. The third-order valence-electron chi connectivity index (χ3n) is 4.67. The Labute approximate surface area is 186 Å². The van der Waals surface area contributed by atoms with E-state index in [2.05, 4.69) is 4.74 Å². The van der Waals surface area contributed by atoms with Crippen molar-refractivity contribution in [3.63, 3.8) is 0 Å². The molecule has 162 valence electrons. The van der Waals surface area contributed by atoms with E-state index in [1.165, 1.54) is 14.2 Å². The minimum Gasteiger partial charge on any atom is -0.469 e. The normalized spacial score (nSPS) is 10.1. The van der Waals surface area contributed by atoms with Crippen LogP contribution in [0.15, 0.2) is 59.0 Å². The summed E-state index contributed by atoms with van der Waals surface area (Å²) in [6.07, 6.45) is 0.469. The summed E-state index contributed by atoms with van der Waals surface area (Å²) in [5.74, 6) is 0.0441. The molecule has 0 aliphatic heterocycles. The van der Waals surface area contributed by atoms with Crippen LogP contribution in [0.5, 0.6) is 0 Å². The minimum atomic E-state index is -0.512. The van der Waals surface area contributed by atoms with Crippen LogP contribution in [0.4, 0.5) is 0 Å². The number of rotatable bonds is 7. The molecule has 0 saturated carbocycles. The summed E-state index contributed by atoms with van der Waals surface area (Å²) >= 11 is 0. The standard InChI is InChI=1S/C23H22N2O5.ClH/c1-28-20(26)12-11-18-13-19(23(27)29-2)21(30-18)16-7-3-14(4-8-16)15-5-9-17(10-6-15)22(24)25;/h3-10,13H,11-12H2,1-2H3,(H3,24,25);1H. The smallest absolute Gasteiger partial charge is 0.341 e. The van der Waals surface area contributed by atoms with E-state index in [0.717, 1.165) is 11.1 Å². The van der Waals surface area contributed by atoms with Crippen LogP contribution in [0.1, 0.15) is 28.1 Å². The van der Waals surface area contributed by atoms with Crippen molar-refractivity contribution < 1.29 is 23.5 Å². The maximum Gasteiger partial charge on any atom is 0.341 e. The second-order valence-corrected chi connectivity index (χ2v) is 6.59. The van der Waals surface area contributed by atoms with Crippen LogP contribution in [0.25, 0.3) is 22.5 Å². The summed E-state index contributed by atoms with van der Waals surface area (Å²) in [5.41, 5.74) is 9.10. The van der Waals surface area contributed by atoms with Gasteiger partial charge in [0.2, 0.25) is 0 Å². The SMILES string of the molecule is COC(=O)CCc1cc(C(=O)OC)c(-c2ccc(-c3ccc(C(=N)N)cc3)cc2)o1.Cl. The average molecular weight is 443 g/mol. The van der Waals surface area contributed by atoms with Gasteiger partial charge in [-0.25, -0.2) is 4.79 Å². The molecule has 1 aromatic heterocycles. The van der Waals surface area contributed by atoms with E-state index in [9.17, 15) is 9.59 Å². The second-order valence-electron chi connectivity index (χ2n) is 6.59. The van der Waals surface area contributed by atoms with Crippen molar-refractivity contribution in [2.45, 2.75) is 12.8 Å². The Morgan fingerprint density at radius 1 is 0.935 bits per heavy atom. The first-order valence-corrected chi connectivity index (χ1v) is 9.26. The Morgan fingerprint density at radius 2 is 1.48 bits per heavy atom. The first-order valence-electron chi connectivity index (χ1n) is 9.26. The van der Waals surface area contributed by atoms with Crippen molar-refractivity contribution in [1.29, 1.82) is 5.41 Å². The number of benzene rings is 2. The van der Waals surface area contributed by atoms with Crippen LogP contribution < -0.4 is 5.73 Å². The number of nitrogen functional groups attached to an aromatic ring is 1. The van der Waals surface area contributed by atoms with Gasteiger partial charge in [0, 0.05) is 17.5 Å². The molecule has 0 radical (unpaired) electrons. The molecule has 0 bridgehead atoms. The zero-order valence-corrected chi connectivity index (χ0v) is 18.0. The van der Waals surface area contributed by atoms with Crippen molar-refractivity contribution in [2.75, 3.05) is 14.2 Å². The molecule has 3 aromatic rings. The molecule has 0 spiro atoms. The fraction of sp³-hybridized carbons (Fsp3) is 0.174. The van der Waals surface area contributed by atoms with Crippen molar-refractivity contribution in [3.05, 3.63) is 71.5 Å². The van der Waals surface area contributed by atoms with Gasteiger partial charge in [-0.1, -0.05) is 48.5 Å². The molecular weight excluding hydrogens is 420 g/mol. The molecule has 3 rings (SSSR count). The average Bonchev–Trinajstić information content (AvgIpc) is 3.21. The number of esters is 2. The minimum absolute atomic E-state index is 0. The van der Waals surface area contributed by atoms with Gasteiger partial charge in [0.15, 0.2) is 0 Å². The fourth-order valence-corrected chi connectivity index (χ4v) is 3.02.